The number of aromatic nitrogens is 1. The maximum absolute atomic E-state index is 6.16. The summed E-state index contributed by atoms with van der Waals surface area (Å²) in [4.78, 5) is 8.92. The molecule has 1 aliphatic heterocycles. The Kier molecular flexibility index (Phi) is 7.56. The zero-order valence-electron chi connectivity index (χ0n) is 18.9. The maximum atomic E-state index is 6.16. The Morgan fingerprint density at radius 3 is 2.91 bits per heavy atom. The first kappa shape index (κ1) is 22.1. The second-order valence-electron chi connectivity index (χ2n) is 8.25. The summed E-state index contributed by atoms with van der Waals surface area (Å²) in [6.07, 6.45) is 3.79. The average Bonchev–Trinajstić information content (AvgIpc) is 3.34. The van der Waals surface area contributed by atoms with Crippen LogP contribution >= 0.6 is 0 Å². The maximum Gasteiger partial charge on any atom is 0.191 e. The molecule has 0 spiro atoms. The zero-order valence-corrected chi connectivity index (χ0v) is 18.9. The van der Waals surface area contributed by atoms with Gasteiger partial charge in [-0.05, 0) is 43.0 Å². The van der Waals surface area contributed by atoms with Crippen molar-refractivity contribution in [2.75, 3.05) is 33.4 Å². The molecule has 1 saturated heterocycles. The summed E-state index contributed by atoms with van der Waals surface area (Å²) in [5.74, 6) is 2.19. The lowest BCUT2D eigenvalue weighted by Crippen LogP contribution is -2.38. The number of pyridine rings is 1. The molecule has 0 saturated carbocycles. The Morgan fingerprint density at radius 2 is 2.06 bits per heavy atom. The molecule has 0 aliphatic carbocycles. The quantitative estimate of drug-likeness (QED) is 0.418. The molecule has 168 valence electrons. The van der Waals surface area contributed by atoms with E-state index in [0.717, 1.165) is 55.4 Å². The first-order valence-corrected chi connectivity index (χ1v) is 11.3. The highest BCUT2D eigenvalue weighted by molar-refractivity contribution is 5.82. The molecule has 2 heterocycles. The van der Waals surface area contributed by atoms with Gasteiger partial charge in [0, 0.05) is 49.8 Å². The van der Waals surface area contributed by atoms with Crippen LogP contribution < -0.4 is 15.4 Å². The third kappa shape index (κ3) is 5.77. The normalized spacial score (nSPS) is 16.3. The largest absolute Gasteiger partial charge is 0.493 e. The summed E-state index contributed by atoms with van der Waals surface area (Å²) in [5, 5.41) is 8.00. The molecule has 4 rings (SSSR count). The standard InChI is InChI=1S/C26H32N4O2/c1-19-8-9-23(24(15-19)32-18-20-11-14-31-17-20)16-30-26(27-2)29-13-10-22-6-3-5-21-7-4-12-28-25(21)22/h3-9,12,15,20H,10-11,13-14,16-18H2,1-2H3,(H2,27,29,30). The number of guanidine groups is 1. The van der Waals surface area contributed by atoms with Crippen LogP contribution in [-0.4, -0.2) is 44.4 Å². The van der Waals surface area contributed by atoms with E-state index in [4.69, 9.17) is 9.47 Å². The molecule has 3 aromatic rings. The summed E-state index contributed by atoms with van der Waals surface area (Å²) in [5.41, 5.74) is 4.61. The van der Waals surface area contributed by atoms with Crippen molar-refractivity contribution in [1.29, 1.82) is 0 Å². The monoisotopic (exact) mass is 432 g/mol. The van der Waals surface area contributed by atoms with Crippen molar-refractivity contribution in [3.05, 3.63) is 71.4 Å². The number of aryl methyl sites for hydroxylation is 1. The average molecular weight is 433 g/mol. The highest BCUT2D eigenvalue weighted by Gasteiger charge is 2.17. The van der Waals surface area contributed by atoms with E-state index < -0.39 is 0 Å². The predicted octanol–water partition coefficient (Wildman–Crippen LogP) is 3.87. The number of benzene rings is 2. The Labute approximate surface area is 190 Å². The van der Waals surface area contributed by atoms with Crippen LogP contribution in [0.1, 0.15) is 23.1 Å². The van der Waals surface area contributed by atoms with Crippen molar-refractivity contribution in [3.8, 4) is 5.75 Å². The summed E-state index contributed by atoms with van der Waals surface area (Å²) in [6.45, 7) is 5.84. The molecule has 1 fully saturated rings. The number of ether oxygens (including phenoxy) is 2. The number of nitrogens with zero attached hydrogens (tertiary/aromatic N) is 2. The highest BCUT2D eigenvalue weighted by atomic mass is 16.5. The lowest BCUT2D eigenvalue weighted by Gasteiger charge is -2.17. The van der Waals surface area contributed by atoms with E-state index in [9.17, 15) is 0 Å². The number of aliphatic imine (C=N–C) groups is 1. The van der Waals surface area contributed by atoms with E-state index in [0.29, 0.717) is 19.1 Å². The molecule has 6 nitrogen and oxygen atoms in total. The Balaban J connectivity index is 1.31. The molecule has 1 aromatic heterocycles. The van der Waals surface area contributed by atoms with E-state index in [1.807, 2.05) is 12.3 Å². The van der Waals surface area contributed by atoms with E-state index >= 15 is 0 Å². The van der Waals surface area contributed by atoms with Crippen LogP contribution in [0.5, 0.6) is 5.75 Å². The number of para-hydroxylation sites is 1. The summed E-state index contributed by atoms with van der Waals surface area (Å²) >= 11 is 0. The first-order chi connectivity index (χ1) is 15.7. The first-order valence-electron chi connectivity index (χ1n) is 11.3. The molecular weight excluding hydrogens is 400 g/mol. The summed E-state index contributed by atoms with van der Waals surface area (Å²) in [7, 11) is 1.79. The molecule has 0 bridgehead atoms. The van der Waals surface area contributed by atoms with Crippen molar-refractivity contribution in [3.63, 3.8) is 0 Å². The third-order valence-electron chi connectivity index (χ3n) is 5.79. The van der Waals surface area contributed by atoms with Gasteiger partial charge in [0.15, 0.2) is 5.96 Å². The van der Waals surface area contributed by atoms with Gasteiger partial charge in [-0.3, -0.25) is 9.98 Å². The lowest BCUT2D eigenvalue weighted by molar-refractivity contribution is 0.166. The van der Waals surface area contributed by atoms with Gasteiger partial charge in [0.05, 0.1) is 18.7 Å². The summed E-state index contributed by atoms with van der Waals surface area (Å²) < 4.78 is 11.6. The molecule has 2 aromatic carbocycles. The van der Waals surface area contributed by atoms with Crippen molar-refractivity contribution < 1.29 is 9.47 Å². The van der Waals surface area contributed by atoms with Gasteiger partial charge in [-0.1, -0.05) is 36.4 Å². The van der Waals surface area contributed by atoms with Gasteiger partial charge in [0.1, 0.15) is 5.75 Å². The topological polar surface area (TPSA) is 67.8 Å². The number of hydrogen-bond acceptors (Lipinski definition) is 4. The van der Waals surface area contributed by atoms with E-state index in [-0.39, 0.29) is 0 Å². The molecule has 6 heteroatoms. The predicted molar refractivity (Wildman–Crippen MR) is 129 cm³/mol. The van der Waals surface area contributed by atoms with Gasteiger partial charge in [0.2, 0.25) is 0 Å². The number of rotatable bonds is 8. The van der Waals surface area contributed by atoms with E-state index in [2.05, 4.69) is 70.0 Å². The number of hydrogen-bond donors (Lipinski definition) is 2. The van der Waals surface area contributed by atoms with Crippen LogP contribution in [0.25, 0.3) is 10.9 Å². The number of nitrogens with one attached hydrogen (secondary N) is 2. The van der Waals surface area contributed by atoms with Crippen molar-refractivity contribution >= 4 is 16.9 Å². The molecule has 1 aliphatic rings. The van der Waals surface area contributed by atoms with Gasteiger partial charge in [-0.25, -0.2) is 0 Å². The third-order valence-corrected chi connectivity index (χ3v) is 5.79. The van der Waals surface area contributed by atoms with Crippen molar-refractivity contribution in [1.82, 2.24) is 15.6 Å². The van der Waals surface area contributed by atoms with Crippen LogP contribution in [0, 0.1) is 12.8 Å². The lowest BCUT2D eigenvalue weighted by atomic mass is 10.1. The van der Waals surface area contributed by atoms with Crippen LogP contribution in [0.15, 0.2) is 59.7 Å². The molecule has 0 radical (unpaired) electrons. The van der Waals surface area contributed by atoms with Crippen LogP contribution in [-0.2, 0) is 17.7 Å². The minimum atomic E-state index is 0.481. The van der Waals surface area contributed by atoms with Gasteiger partial charge in [-0.2, -0.15) is 0 Å². The second-order valence-corrected chi connectivity index (χ2v) is 8.25. The summed E-state index contributed by atoms with van der Waals surface area (Å²) in [6, 6.07) is 16.7. The van der Waals surface area contributed by atoms with Gasteiger partial charge in [-0.15, -0.1) is 0 Å². The molecule has 1 atom stereocenters. The fourth-order valence-corrected chi connectivity index (χ4v) is 3.95. The Morgan fingerprint density at radius 1 is 1.16 bits per heavy atom. The fraction of sp³-hybridized carbons (Fsp3) is 0.385. The van der Waals surface area contributed by atoms with Gasteiger partial charge >= 0.3 is 0 Å². The van der Waals surface area contributed by atoms with Crippen molar-refractivity contribution in [2.45, 2.75) is 26.3 Å². The van der Waals surface area contributed by atoms with E-state index in [1.165, 1.54) is 16.5 Å². The Bertz CT molecular complexity index is 1060. The molecule has 1 unspecified atom stereocenters. The minimum absolute atomic E-state index is 0.481. The van der Waals surface area contributed by atoms with Crippen LogP contribution in [0.2, 0.25) is 0 Å². The zero-order chi connectivity index (χ0) is 22.2. The molecular formula is C26H32N4O2. The Hall–Kier alpha value is -3.12. The smallest absolute Gasteiger partial charge is 0.191 e. The minimum Gasteiger partial charge on any atom is -0.493 e. The molecule has 0 amide bonds. The highest BCUT2D eigenvalue weighted by Crippen LogP contribution is 2.22. The van der Waals surface area contributed by atoms with Gasteiger partial charge in [0.25, 0.3) is 0 Å². The van der Waals surface area contributed by atoms with E-state index in [1.54, 1.807) is 7.05 Å². The fourth-order valence-electron chi connectivity index (χ4n) is 3.95. The molecule has 32 heavy (non-hydrogen) atoms. The van der Waals surface area contributed by atoms with Crippen molar-refractivity contribution in [2.24, 2.45) is 10.9 Å². The van der Waals surface area contributed by atoms with Crippen LogP contribution in [0.4, 0.5) is 0 Å². The number of fused-ring (bicyclic) bond motifs is 1. The SMILES string of the molecule is CN=C(NCCc1cccc2cccnc12)NCc1ccc(C)cc1OCC1CCOC1. The van der Waals surface area contributed by atoms with Crippen LogP contribution in [0.3, 0.4) is 0 Å². The molecule has 2 N–H and O–H groups in total. The second kappa shape index (κ2) is 11.0. The van der Waals surface area contributed by atoms with Gasteiger partial charge < -0.3 is 20.1 Å².